The molecule has 1 aromatic rings. The second-order valence-corrected chi connectivity index (χ2v) is 5.32. The molecular weight excluding hydrogens is 268 g/mol. The van der Waals surface area contributed by atoms with Crippen LogP contribution < -0.4 is 5.73 Å². The van der Waals surface area contributed by atoms with E-state index in [1.165, 1.54) is 0 Å². The molecule has 0 spiro atoms. The molecule has 0 aliphatic rings. The Bertz CT molecular complexity index is 408. The average molecular weight is 287 g/mol. The highest BCUT2D eigenvalue weighted by atomic mass is 35.5. The molecule has 0 saturated carbocycles. The predicted octanol–water partition coefficient (Wildman–Crippen LogP) is 3.02. The molecule has 0 saturated heterocycles. The monoisotopic (exact) mass is 286 g/mol. The van der Waals surface area contributed by atoms with Crippen molar-refractivity contribution >= 4 is 35.0 Å². The Kier molecular flexibility index (Phi) is 6.36. The molecule has 0 radical (unpaired) electrons. The van der Waals surface area contributed by atoms with Gasteiger partial charge in [-0.3, -0.25) is 4.79 Å². The van der Waals surface area contributed by atoms with Crippen LogP contribution in [0.2, 0.25) is 5.02 Å². The number of hydrogen-bond acceptors (Lipinski definition) is 3. The number of thioether (sulfide) groups is 1. The Balaban J connectivity index is 2.46. The molecule has 0 unspecified atom stereocenters. The number of nitrogens with two attached hydrogens (primary N) is 1. The van der Waals surface area contributed by atoms with E-state index in [-0.39, 0.29) is 5.91 Å². The highest BCUT2D eigenvalue weighted by Gasteiger charge is 2.09. The van der Waals surface area contributed by atoms with E-state index in [4.69, 9.17) is 17.3 Å². The quantitative estimate of drug-likeness (QED) is 0.818. The third kappa shape index (κ3) is 4.42. The third-order valence-corrected chi connectivity index (χ3v) is 3.91. The SMILES string of the molecule is CCN(CC)C(=O)CSCc1cc(Cl)ccc1N. The van der Waals surface area contributed by atoms with Gasteiger partial charge in [0, 0.05) is 29.6 Å². The molecule has 0 fully saturated rings. The van der Waals surface area contributed by atoms with Gasteiger partial charge in [-0.05, 0) is 37.6 Å². The molecule has 1 aromatic carbocycles. The van der Waals surface area contributed by atoms with Crippen LogP contribution in [-0.2, 0) is 10.5 Å². The minimum absolute atomic E-state index is 0.172. The van der Waals surface area contributed by atoms with Crippen molar-refractivity contribution in [3.63, 3.8) is 0 Å². The van der Waals surface area contributed by atoms with E-state index in [0.717, 1.165) is 24.3 Å². The van der Waals surface area contributed by atoms with E-state index < -0.39 is 0 Å². The van der Waals surface area contributed by atoms with Crippen molar-refractivity contribution in [2.24, 2.45) is 0 Å². The molecule has 0 aromatic heterocycles. The van der Waals surface area contributed by atoms with Gasteiger partial charge in [0.15, 0.2) is 0 Å². The van der Waals surface area contributed by atoms with Gasteiger partial charge in [0.2, 0.25) is 5.91 Å². The van der Waals surface area contributed by atoms with Crippen LogP contribution in [-0.4, -0.2) is 29.6 Å². The van der Waals surface area contributed by atoms with E-state index in [1.807, 2.05) is 24.8 Å². The Hall–Kier alpha value is -0.870. The summed E-state index contributed by atoms with van der Waals surface area (Å²) in [6.45, 7) is 5.49. The van der Waals surface area contributed by atoms with E-state index in [9.17, 15) is 4.79 Å². The molecule has 1 rings (SSSR count). The fourth-order valence-electron chi connectivity index (χ4n) is 1.62. The fraction of sp³-hybridized carbons (Fsp3) is 0.462. The van der Waals surface area contributed by atoms with Gasteiger partial charge in [-0.15, -0.1) is 11.8 Å². The van der Waals surface area contributed by atoms with Gasteiger partial charge >= 0.3 is 0 Å². The highest BCUT2D eigenvalue weighted by Crippen LogP contribution is 2.22. The standard InChI is InChI=1S/C13H19ClN2OS/c1-3-16(4-2)13(17)9-18-8-10-7-11(14)5-6-12(10)15/h5-7H,3-4,8-9,15H2,1-2H3. The maximum absolute atomic E-state index is 11.8. The van der Waals surface area contributed by atoms with Gasteiger partial charge in [0.05, 0.1) is 5.75 Å². The number of halogens is 1. The van der Waals surface area contributed by atoms with Crippen molar-refractivity contribution in [3.05, 3.63) is 28.8 Å². The molecule has 5 heteroatoms. The number of amides is 1. The zero-order valence-electron chi connectivity index (χ0n) is 10.8. The lowest BCUT2D eigenvalue weighted by molar-refractivity contribution is -0.127. The first-order chi connectivity index (χ1) is 8.58. The summed E-state index contributed by atoms with van der Waals surface area (Å²) in [7, 11) is 0. The van der Waals surface area contributed by atoms with Gasteiger partial charge in [-0.1, -0.05) is 11.6 Å². The lowest BCUT2D eigenvalue weighted by atomic mass is 10.2. The van der Waals surface area contributed by atoms with Crippen LogP contribution in [0.15, 0.2) is 18.2 Å². The number of hydrogen-bond donors (Lipinski definition) is 1. The number of nitrogens with zero attached hydrogens (tertiary/aromatic N) is 1. The summed E-state index contributed by atoms with van der Waals surface area (Å²) < 4.78 is 0. The Morgan fingerprint density at radius 3 is 2.67 bits per heavy atom. The third-order valence-electron chi connectivity index (χ3n) is 2.70. The largest absolute Gasteiger partial charge is 0.398 e. The van der Waals surface area contributed by atoms with Gasteiger partial charge in [-0.2, -0.15) is 0 Å². The first-order valence-corrected chi connectivity index (χ1v) is 7.51. The second kappa shape index (κ2) is 7.54. The average Bonchev–Trinajstić information content (AvgIpc) is 2.35. The van der Waals surface area contributed by atoms with Crippen LogP contribution in [0, 0.1) is 0 Å². The number of anilines is 1. The van der Waals surface area contributed by atoms with Crippen molar-refractivity contribution in [1.82, 2.24) is 4.90 Å². The normalized spacial score (nSPS) is 10.4. The van der Waals surface area contributed by atoms with E-state index in [0.29, 0.717) is 16.5 Å². The van der Waals surface area contributed by atoms with Crippen LogP contribution in [0.5, 0.6) is 0 Å². The van der Waals surface area contributed by atoms with E-state index in [2.05, 4.69) is 0 Å². The van der Waals surface area contributed by atoms with Crippen molar-refractivity contribution < 1.29 is 4.79 Å². The topological polar surface area (TPSA) is 46.3 Å². The molecular formula is C13H19ClN2OS. The molecule has 100 valence electrons. The number of carbonyl (C=O) groups is 1. The molecule has 0 aliphatic heterocycles. The van der Waals surface area contributed by atoms with Crippen molar-refractivity contribution in [2.45, 2.75) is 19.6 Å². The van der Waals surface area contributed by atoms with Crippen LogP contribution in [0.25, 0.3) is 0 Å². The van der Waals surface area contributed by atoms with E-state index in [1.54, 1.807) is 23.9 Å². The maximum Gasteiger partial charge on any atom is 0.232 e. The van der Waals surface area contributed by atoms with Gasteiger partial charge < -0.3 is 10.6 Å². The number of benzene rings is 1. The number of nitrogen functional groups attached to an aromatic ring is 1. The summed E-state index contributed by atoms with van der Waals surface area (Å²) in [5, 5.41) is 0.676. The Labute approximate surface area is 118 Å². The summed E-state index contributed by atoms with van der Waals surface area (Å²) in [5.41, 5.74) is 7.56. The molecule has 3 nitrogen and oxygen atoms in total. The lowest BCUT2D eigenvalue weighted by Crippen LogP contribution is -2.31. The van der Waals surface area contributed by atoms with Crippen LogP contribution in [0.1, 0.15) is 19.4 Å². The molecule has 0 aliphatic carbocycles. The first kappa shape index (κ1) is 15.2. The fourth-order valence-corrected chi connectivity index (χ4v) is 2.74. The summed E-state index contributed by atoms with van der Waals surface area (Å²) >= 11 is 7.48. The molecule has 0 heterocycles. The van der Waals surface area contributed by atoms with Crippen molar-refractivity contribution in [1.29, 1.82) is 0 Å². The zero-order chi connectivity index (χ0) is 13.5. The summed E-state index contributed by atoms with van der Waals surface area (Å²) in [6, 6.07) is 5.42. The predicted molar refractivity (Wildman–Crippen MR) is 80.0 cm³/mol. The van der Waals surface area contributed by atoms with Gasteiger partial charge in [0.25, 0.3) is 0 Å². The Morgan fingerprint density at radius 2 is 2.06 bits per heavy atom. The van der Waals surface area contributed by atoms with Crippen LogP contribution >= 0.6 is 23.4 Å². The maximum atomic E-state index is 11.8. The minimum Gasteiger partial charge on any atom is -0.398 e. The summed E-state index contributed by atoms with van der Waals surface area (Å²) in [5.74, 6) is 1.36. The van der Waals surface area contributed by atoms with Gasteiger partial charge in [0.1, 0.15) is 0 Å². The number of carbonyl (C=O) groups excluding carboxylic acids is 1. The smallest absolute Gasteiger partial charge is 0.232 e. The summed E-state index contributed by atoms with van der Waals surface area (Å²) in [6.07, 6.45) is 0. The molecule has 0 atom stereocenters. The molecule has 2 N–H and O–H groups in total. The first-order valence-electron chi connectivity index (χ1n) is 5.97. The van der Waals surface area contributed by atoms with Gasteiger partial charge in [-0.25, -0.2) is 0 Å². The molecule has 0 bridgehead atoms. The highest BCUT2D eigenvalue weighted by molar-refractivity contribution is 7.99. The Morgan fingerprint density at radius 1 is 1.39 bits per heavy atom. The van der Waals surface area contributed by atoms with E-state index >= 15 is 0 Å². The van der Waals surface area contributed by atoms with Crippen molar-refractivity contribution in [3.8, 4) is 0 Å². The summed E-state index contributed by atoms with van der Waals surface area (Å²) in [4.78, 5) is 13.6. The molecule has 18 heavy (non-hydrogen) atoms. The zero-order valence-corrected chi connectivity index (χ0v) is 12.4. The van der Waals surface area contributed by atoms with Crippen molar-refractivity contribution in [2.75, 3.05) is 24.6 Å². The van der Waals surface area contributed by atoms with Crippen LogP contribution in [0.4, 0.5) is 5.69 Å². The van der Waals surface area contributed by atoms with Crippen LogP contribution in [0.3, 0.4) is 0 Å². The lowest BCUT2D eigenvalue weighted by Gasteiger charge is -2.18. The number of rotatable bonds is 6. The second-order valence-electron chi connectivity index (χ2n) is 3.90. The molecule has 1 amide bonds. The minimum atomic E-state index is 0.172.